The minimum absolute atomic E-state index is 0.234. The summed E-state index contributed by atoms with van der Waals surface area (Å²) in [5, 5.41) is 10.4. The summed E-state index contributed by atoms with van der Waals surface area (Å²) < 4.78 is 21.4. The number of hydrogen-bond donors (Lipinski definition) is 1. The van der Waals surface area contributed by atoms with Crippen LogP contribution < -0.4 is 4.74 Å². The molecule has 1 unspecified atom stereocenters. The van der Waals surface area contributed by atoms with E-state index >= 15 is 0 Å². The molecular formula is C21H25NO5. The zero-order chi connectivity index (χ0) is 18.9. The Hall–Kier alpha value is -2.54. The van der Waals surface area contributed by atoms with E-state index in [0.29, 0.717) is 26.2 Å². The van der Waals surface area contributed by atoms with Crippen molar-refractivity contribution in [2.45, 2.75) is 25.8 Å². The van der Waals surface area contributed by atoms with Gasteiger partial charge in [-0.25, -0.2) is 0 Å². The highest BCUT2D eigenvalue weighted by molar-refractivity contribution is 5.27. The van der Waals surface area contributed by atoms with Crippen molar-refractivity contribution in [2.24, 2.45) is 0 Å². The minimum Gasteiger partial charge on any atom is -0.497 e. The molecule has 2 heterocycles. The number of hydrogen-bond acceptors (Lipinski definition) is 6. The fraction of sp³-hybridized carbons (Fsp3) is 0.333. The van der Waals surface area contributed by atoms with Crippen LogP contribution in [0.4, 0.5) is 0 Å². The van der Waals surface area contributed by atoms with Gasteiger partial charge in [-0.05, 0) is 42.0 Å². The van der Waals surface area contributed by atoms with Crippen LogP contribution in [0.3, 0.4) is 0 Å². The molecule has 1 atom stereocenters. The van der Waals surface area contributed by atoms with E-state index in [0.717, 1.165) is 22.8 Å². The third-order valence-corrected chi connectivity index (χ3v) is 4.13. The molecule has 1 N–H and O–H groups in total. The van der Waals surface area contributed by atoms with E-state index in [9.17, 15) is 5.11 Å². The lowest BCUT2D eigenvalue weighted by Gasteiger charge is -2.24. The standard InChI is InChI=1S/C21H25NO5/c1-24-19-8-6-17(7-9-19)12-22(14-20-4-2-10-26-20)13-18(23)15-25-16-21-5-3-11-27-21/h2-11,18,23H,12-16H2,1H3. The number of benzene rings is 1. The van der Waals surface area contributed by atoms with Gasteiger partial charge in [0.25, 0.3) is 0 Å². The maximum Gasteiger partial charge on any atom is 0.129 e. The molecule has 0 saturated heterocycles. The lowest BCUT2D eigenvalue weighted by molar-refractivity contribution is 0.00162. The van der Waals surface area contributed by atoms with E-state index in [4.69, 9.17) is 18.3 Å². The topological polar surface area (TPSA) is 68.2 Å². The molecule has 0 aliphatic rings. The number of methoxy groups -OCH3 is 1. The predicted octanol–water partition coefficient (Wildman–Crippen LogP) is 3.46. The Balaban J connectivity index is 1.54. The molecule has 0 radical (unpaired) electrons. The van der Waals surface area contributed by atoms with E-state index in [1.165, 1.54) is 0 Å². The molecule has 0 spiro atoms. The normalized spacial score (nSPS) is 12.4. The third-order valence-electron chi connectivity index (χ3n) is 4.13. The molecule has 0 bridgehead atoms. The number of furan rings is 2. The summed E-state index contributed by atoms with van der Waals surface area (Å²) in [7, 11) is 1.65. The van der Waals surface area contributed by atoms with E-state index < -0.39 is 6.10 Å². The molecule has 0 aliphatic carbocycles. The summed E-state index contributed by atoms with van der Waals surface area (Å²) >= 11 is 0. The zero-order valence-electron chi connectivity index (χ0n) is 15.4. The second kappa shape index (κ2) is 9.97. The van der Waals surface area contributed by atoms with Gasteiger partial charge < -0.3 is 23.4 Å². The highest BCUT2D eigenvalue weighted by Gasteiger charge is 2.15. The maximum absolute atomic E-state index is 10.4. The average molecular weight is 371 g/mol. The Bertz CT molecular complexity index is 752. The molecule has 0 saturated carbocycles. The van der Waals surface area contributed by atoms with Crippen LogP contribution in [-0.2, 0) is 24.4 Å². The molecule has 3 rings (SSSR count). The summed E-state index contributed by atoms with van der Waals surface area (Å²) in [6, 6.07) is 15.4. The van der Waals surface area contributed by atoms with Crippen LogP contribution in [0.15, 0.2) is 69.9 Å². The van der Waals surface area contributed by atoms with E-state index in [2.05, 4.69) is 4.90 Å². The first kappa shape index (κ1) is 19.2. The summed E-state index contributed by atoms with van der Waals surface area (Å²) in [4.78, 5) is 2.13. The smallest absolute Gasteiger partial charge is 0.129 e. The van der Waals surface area contributed by atoms with Crippen LogP contribution in [0.1, 0.15) is 17.1 Å². The van der Waals surface area contributed by atoms with Crippen molar-refractivity contribution < 1.29 is 23.4 Å². The highest BCUT2D eigenvalue weighted by Crippen LogP contribution is 2.15. The highest BCUT2D eigenvalue weighted by atomic mass is 16.5. The first-order valence-electron chi connectivity index (χ1n) is 8.89. The summed E-state index contributed by atoms with van der Waals surface area (Å²) in [6.45, 7) is 2.33. The first-order valence-corrected chi connectivity index (χ1v) is 8.89. The predicted molar refractivity (Wildman–Crippen MR) is 100 cm³/mol. The Labute approximate surface area is 158 Å². The molecule has 144 valence electrons. The molecule has 6 nitrogen and oxygen atoms in total. The second-order valence-corrected chi connectivity index (χ2v) is 6.35. The van der Waals surface area contributed by atoms with Crippen LogP contribution in [-0.4, -0.2) is 36.4 Å². The molecular weight excluding hydrogens is 346 g/mol. The minimum atomic E-state index is -0.617. The van der Waals surface area contributed by atoms with Crippen molar-refractivity contribution in [1.29, 1.82) is 0 Å². The quantitative estimate of drug-likeness (QED) is 0.557. The SMILES string of the molecule is COc1ccc(CN(Cc2ccco2)CC(O)COCc2ccco2)cc1. The summed E-state index contributed by atoms with van der Waals surface area (Å²) in [5.74, 6) is 2.42. The third kappa shape index (κ3) is 6.29. The van der Waals surface area contributed by atoms with Crippen molar-refractivity contribution in [3.8, 4) is 5.75 Å². The lowest BCUT2D eigenvalue weighted by atomic mass is 10.2. The van der Waals surface area contributed by atoms with Gasteiger partial charge in [0.1, 0.15) is 23.9 Å². The fourth-order valence-electron chi connectivity index (χ4n) is 2.84. The molecule has 6 heteroatoms. The van der Waals surface area contributed by atoms with Crippen molar-refractivity contribution in [3.05, 3.63) is 78.1 Å². The van der Waals surface area contributed by atoms with Crippen molar-refractivity contribution in [2.75, 3.05) is 20.3 Å². The number of nitrogens with zero attached hydrogens (tertiary/aromatic N) is 1. The van der Waals surface area contributed by atoms with Crippen LogP contribution >= 0.6 is 0 Å². The van der Waals surface area contributed by atoms with E-state index in [-0.39, 0.29) is 6.61 Å². The Kier molecular flexibility index (Phi) is 7.10. The van der Waals surface area contributed by atoms with Gasteiger partial charge in [0.2, 0.25) is 0 Å². The fourth-order valence-corrected chi connectivity index (χ4v) is 2.84. The van der Waals surface area contributed by atoms with Crippen LogP contribution in [0.25, 0.3) is 0 Å². The Morgan fingerprint density at radius 2 is 1.67 bits per heavy atom. The summed E-state index contributed by atoms with van der Waals surface area (Å²) in [5.41, 5.74) is 1.13. The van der Waals surface area contributed by atoms with E-state index in [1.54, 1.807) is 19.6 Å². The average Bonchev–Trinajstić information content (AvgIpc) is 3.36. The Morgan fingerprint density at radius 3 is 2.30 bits per heavy atom. The molecule has 2 aromatic heterocycles. The van der Waals surface area contributed by atoms with Gasteiger partial charge in [0, 0.05) is 13.1 Å². The molecule has 0 amide bonds. The molecule has 1 aromatic carbocycles. The van der Waals surface area contributed by atoms with Crippen molar-refractivity contribution >= 4 is 0 Å². The summed E-state index contributed by atoms with van der Waals surface area (Å²) in [6.07, 6.45) is 2.65. The van der Waals surface area contributed by atoms with Gasteiger partial charge >= 0.3 is 0 Å². The van der Waals surface area contributed by atoms with Crippen molar-refractivity contribution in [1.82, 2.24) is 4.90 Å². The number of aliphatic hydroxyl groups excluding tert-OH is 1. The van der Waals surface area contributed by atoms with Gasteiger partial charge in [-0.15, -0.1) is 0 Å². The first-order chi connectivity index (χ1) is 13.2. The number of rotatable bonds is 11. The second-order valence-electron chi connectivity index (χ2n) is 6.35. The van der Waals surface area contributed by atoms with Gasteiger partial charge in [0.15, 0.2) is 0 Å². The molecule has 27 heavy (non-hydrogen) atoms. The van der Waals surface area contributed by atoms with E-state index in [1.807, 2.05) is 48.5 Å². The monoisotopic (exact) mass is 371 g/mol. The molecule has 3 aromatic rings. The zero-order valence-corrected chi connectivity index (χ0v) is 15.4. The van der Waals surface area contributed by atoms with Gasteiger partial charge in [0.05, 0.1) is 38.9 Å². The van der Waals surface area contributed by atoms with Gasteiger partial charge in [-0.1, -0.05) is 12.1 Å². The van der Waals surface area contributed by atoms with Gasteiger partial charge in [-0.3, -0.25) is 4.90 Å². The van der Waals surface area contributed by atoms with Crippen molar-refractivity contribution in [3.63, 3.8) is 0 Å². The maximum atomic E-state index is 10.4. The number of ether oxygens (including phenoxy) is 2. The van der Waals surface area contributed by atoms with Crippen LogP contribution in [0.2, 0.25) is 0 Å². The van der Waals surface area contributed by atoms with Crippen LogP contribution in [0.5, 0.6) is 5.75 Å². The Morgan fingerprint density at radius 1 is 0.963 bits per heavy atom. The number of aliphatic hydroxyl groups is 1. The van der Waals surface area contributed by atoms with Gasteiger partial charge in [-0.2, -0.15) is 0 Å². The lowest BCUT2D eigenvalue weighted by Crippen LogP contribution is -2.34. The molecule has 0 fully saturated rings. The largest absolute Gasteiger partial charge is 0.497 e. The molecule has 0 aliphatic heterocycles. The van der Waals surface area contributed by atoms with Crippen LogP contribution in [0, 0.1) is 0 Å².